The van der Waals surface area contributed by atoms with E-state index >= 15 is 0 Å². The Morgan fingerprint density at radius 2 is 1.55 bits per heavy atom. The Morgan fingerprint density at radius 3 is 2.33 bits per heavy atom. The number of benzene rings is 3. The highest BCUT2D eigenvalue weighted by molar-refractivity contribution is 6.03. The standard InChI is InChI=1S/C26H18N4O3/c31-26(27-19-11-12-23-24(13-19)33-16-32-23)21-15-25-28-20(17-7-3-1-4-8-17)14-22(30(25)29-21)18-9-5-2-6-10-18/h1-15H,16H2,(H,27,31). The minimum atomic E-state index is -0.334. The van der Waals surface area contributed by atoms with E-state index in [9.17, 15) is 4.79 Å². The van der Waals surface area contributed by atoms with Crippen LogP contribution in [0.3, 0.4) is 0 Å². The maximum Gasteiger partial charge on any atom is 0.276 e. The lowest BCUT2D eigenvalue weighted by Gasteiger charge is -2.08. The van der Waals surface area contributed by atoms with E-state index in [0.29, 0.717) is 22.8 Å². The average molecular weight is 434 g/mol. The molecule has 2 aromatic heterocycles. The molecule has 0 fully saturated rings. The molecule has 6 rings (SSSR count). The van der Waals surface area contributed by atoms with E-state index in [4.69, 9.17) is 14.5 Å². The molecule has 1 N–H and O–H groups in total. The molecule has 3 aromatic carbocycles. The van der Waals surface area contributed by atoms with E-state index in [1.54, 1.807) is 28.8 Å². The van der Waals surface area contributed by atoms with Crippen LogP contribution in [0.2, 0.25) is 0 Å². The summed E-state index contributed by atoms with van der Waals surface area (Å²) in [7, 11) is 0. The predicted molar refractivity (Wildman–Crippen MR) is 124 cm³/mol. The maximum absolute atomic E-state index is 13.0. The molecule has 1 amide bonds. The summed E-state index contributed by atoms with van der Waals surface area (Å²) in [5, 5.41) is 7.45. The molecule has 0 saturated heterocycles. The Bertz CT molecular complexity index is 1480. The van der Waals surface area contributed by atoms with Crippen LogP contribution in [-0.2, 0) is 0 Å². The smallest absolute Gasteiger partial charge is 0.276 e. The zero-order valence-electron chi connectivity index (χ0n) is 17.4. The predicted octanol–water partition coefficient (Wildman–Crippen LogP) is 5.04. The highest BCUT2D eigenvalue weighted by Crippen LogP contribution is 2.34. The maximum atomic E-state index is 13.0. The van der Waals surface area contributed by atoms with E-state index in [2.05, 4.69) is 10.4 Å². The van der Waals surface area contributed by atoms with Gasteiger partial charge in [0.2, 0.25) is 6.79 Å². The first-order valence-electron chi connectivity index (χ1n) is 10.5. The van der Waals surface area contributed by atoms with E-state index < -0.39 is 0 Å². The van der Waals surface area contributed by atoms with Crippen LogP contribution in [0.1, 0.15) is 10.5 Å². The molecule has 0 aliphatic carbocycles. The number of aromatic nitrogens is 3. The number of nitrogens with zero attached hydrogens (tertiary/aromatic N) is 3. The number of fused-ring (bicyclic) bond motifs is 2. The Morgan fingerprint density at radius 1 is 0.818 bits per heavy atom. The summed E-state index contributed by atoms with van der Waals surface area (Å²) in [6, 6.07) is 28.8. The van der Waals surface area contributed by atoms with E-state index in [1.807, 2.05) is 66.7 Å². The van der Waals surface area contributed by atoms with Crippen molar-refractivity contribution in [3.8, 4) is 34.0 Å². The monoisotopic (exact) mass is 434 g/mol. The molecule has 0 atom stereocenters. The van der Waals surface area contributed by atoms with Gasteiger partial charge in [-0.05, 0) is 18.2 Å². The number of hydrogen-bond donors (Lipinski definition) is 1. The molecular formula is C26H18N4O3. The summed E-state index contributed by atoms with van der Waals surface area (Å²) in [4.78, 5) is 17.8. The molecule has 1 aliphatic rings. The van der Waals surface area contributed by atoms with Crippen molar-refractivity contribution in [3.05, 3.63) is 96.7 Å². The number of nitrogens with one attached hydrogen (secondary N) is 1. The quantitative estimate of drug-likeness (QED) is 0.429. The topological polar surface area (TPSA) is 77.8 Å². The van der Waals surface area contributed by atoms with Gasteiger partial charge in [-0.3, -0.25) is 4.79 Å². The van der Waals surface area contributed by atoms with Crippen LogP contribution >= 0.6 is 0 Å². The first-order valence-corrected chi connectivity index (χ1v) is 10.5. The van der Waals surface area contributed by atoms with Crippen LogP contribution in [-0.4, -0.2) is 27.3 Å². The fourth-order valence-corrected chi connectivity index (χ4v) is 3.83. The minimum Gasteiger partial charge on any atom is -0.454 e. The second kappa shape index (κ2) is 7.80. The Labute approximate surface area is 189 Å². The number of rotatable bonds is 4. The highest BCUT2D eigenvalue weighted by atomic mass is 16.7. The summed E-state index contributed by atoms with van der Waals surface area (Å²) >= 11 is 0. The molecule has 0 unspecified atom stereocenters. The fraction of sp³-hybridized carbons (Fsp3) is 0.0385. The van der Waals surface area contributed by atoms with Gasteiger partial charge in [-0.25, -0.2) is 9.50 Å². The number of anilines is 1. The summed E-state index contributed by atoms with van der Waals surface area (Å²) in [6.45, 7) is 0.177. The van der Waals surface area contributed by atoms with Gasteiger partial charge >= 0.3 is 0 Å². The molecular weight excluding hydrogens is 416 g/mol. The van der Waals surface area contributed by atoms with Crippen LogP contribution in [0.5, 0.6) is 11.5 Å². The Kier molecular flexibility index (Phi) is 4.51. The van der Waals surface area contributed by atoms with Crippen molar-refractivity contribution in [2.24, 2.45) is 0 Å². The summed E-state index contributed by atoms with van der Waals surface area (Å²) in [5.74, 6) is 0.925. The van der Waals surface area contributed by atoms with Crippen molar-refractivity contribution in [1.29, 1.82) is 0 Å². The minimum absolute atomic E-state index is 0.177. The Hall–Kier alpha value is -4.65. The van der Waals surface area contributed by atoms with Crippen molar-refractivity contribution in [3.63, 3.8) is 0 Å². The Balaban J connectivity index is 1.42. The van der Waals surface area contributed by atoms with Gasteiger partial charge in [0.1, 0.15) is 0 Å². The SMILES string of the molecule is O=C(Nc1ccc2c(c1)OCO2)c1cc2nc(-c3ccccc3)cc(-c3ccccc3)n2n1. The van der Waals surface area contributed by atoms with Crippen LogP contribution in [0.4, 0.5) is 5.69 Å². The number of amides is 1. The third-order valence-electron chi connectivity index (χ3n) is 5.43. The molecule has 0 radical (unpaired) electrons. The van der Waals surface area contributed by atoms with Gasteiger partial charge in [-0.2, -0.15) is 5.10 Å². The van der Waals surface area contributed by atoms with Gasteiger partial charge in [-0.1, -0.05) is 60.7 Å². The first-order chi connectivity index (χ1) is 16.2. The molecule has 160 valence electrons. The third-order valence-corrected chi connectivity index (χ3v) is 5.43. The van der Waals surface area contributed by atoms with E-state index in [1.165, 1.54) is 0 Å². The second-order valence-electron chi connectivity index (χ2n) is 7.58. The first kappa shape index (κ1) is 19.1. The molecule has 0 bridgehead atoms. The molecule has 5 aromatic rings. The molecule has 7 heteroatoms. The van der Waals surface area contributed by atoms with Crippen molar-refractivity contribution < 1.29 is 14.3 Å². The van der Waals surface area contributed by atoms with Crippen molar-refractivity contribution >= 4 is 17.2 Å². The molecule has 33 heavy (non-hydrogen) atoms. The van der Waals surface area contributed by atoms with Gasteiger partial charge < -0.3 is 14.8 Å². The van der Waals surface area contributed by atoms with Crippen LogP contribution in [0.15, 0.2) is 91.0 Å². The highest BCUT2D eigenvalue weighted by Gasteiger charge is 2.18. The molecule has 7 nitrogen and oxygen atoms in total. The number of ether oxygens (including phenoxy) is 2. The zero-order chi connectivity index (χ0) is 22.2. The van der Waals surface area contributed by atoms with Crippen molar-refractivity contribution in [2.45, 2.75) is 0 Å². The summed E-state index contributed by atoms with van der Waals surface area (Å²) < 4.78 is 12.4. The van der Waals surface area contributed by atoms with Crippen LogP contribution in [0, 0.1) is 0 Å². The second-order valence-corrected chi connectivity index (χ2v) is 7.58. The molecule has 0 saturated carbocycles. The molecule has 0 spiro atoms. The van der Waals surface area contributed by atoms with Gasteiger partial charge in [0.05, 0.1) is 11.4 Å². The summed E-state index contributed by atoms with van der Waals surface area (Å²) in [5.41, 5.74) is 5.08. The van der Waals surface area contributed by atoms with E-state index in [-0.39, 0.29) is 18.4 Å². The third kappa shape index (κ3) is 3.55. The summed E-state index contributed by atoms with van der Waals surface area (Å²) in [6.07, 6.45) is 0. The van der Waals surface area contributed by atoms with Crippen molar-refractivity contribution in [1.82, 2.24) is 14.6 Å². The van der Waals surface area contributed by atoms with E-state index in [0.717, 1.165) is 22.5 Å². The lowest BCUT2D eigenvalue weighted by atomic mass is 10.1. The lowest BCUT2D eigenvalue weighted by Crippen LogP contribution is -2.12. The number of carbonyl (C=O) groups is 1. The average Bonchev–Trinajstić information content (AvgIpc) is 3.51. The van der Waals surface area contributed by atoms with Gasteiger partial charge in [0, 0.05) is 28.9 Å². The van der Waals surface area contributed by atoms with Crippen molar-refractivity contribution in [2.75, 3.05) is 12.1 Å². The van der Waals surface area contributed by atoms with Crippen LogP contribution in [0.25, 0.3) is 28.2 Å². The van der Waals surface area contributed by atoms with Crippen LogP contribution < -0.4 is 14.8 Å². The van der Waals surface area contributed by atoms with Gasteiger partial charge in [-0.15, -0.1) is 0 Å². The molecule has 1 aliphatic heterocycles. The number of hydrogen-bond acceptors (Lipinski definition) is 5. The number of carbonyl (C=O) groups excluding carboxylic acids is 1. The van der Waals surface area contributed by atoms with Gasteiger partial charge in [0.15, 0.2) is 22.8 Å². The normalized spacial score (nSPS) is 12.1. The molecule has 3 heterocycles. The zero-order valence-corrected chi connectivity index (χ0v) is 17.4. The lowest BCUT2D eigenvalue weighted by molar-refractivity contribution is 0.102. The fourth-order valence-electron chi connectivity index (χ4n) is 3.83. The largest absolute Gasteiger partial charge is 0.454 e. The van der Waals surface area contributed by atoms with Gasteiger partial charge in [0.25, 0.3) is 5.91 Å².